The first-order valence-electron chi connectivity index (χ1n) is 5.32. The highest BCUT2D eigenvalue weighted by atomic mass is 15.2. The van der Waals surface area contributed by atoms with E-state index in [1.807, 2.05) is 30.5 Å². The SMILES string of the molecule is NCc1cn2nc(-c3cccnc3)ccc2n1. The standard InChI is InChI=1S/C12H11N5/c13-6-10-8-17-12(15-10)4-3-11(16-17)9-2-1-5-14-7-9/h1-5,7-8H,6,13H2. The highest BCUT2D eigenvalue weighted by Crippen LogP contribution is 2.15. The Bertz CT molecular complexity index is 644. The molecule has 5 nitrogen and oxygen atoms in total. The van der Waals surface area contributed by atoms with Crippen molar-refractivity contribution in [3.8, 4) is 11.3 Å². The lowest BCUT2D eigenvalue weighted by Crippen LogP contribution is -1.95. The van der Waals surface area contributed by atoms with Crippen molar-refractivity contribution in [2.24, 2.45) is 5.73 Å². The number of hydrogen-bond donors (Lipinski definition) is 1. The summed E-state index contributed by atoms with van der Waals surface area (Å²) in [6.07, 6.45) is 5.37. The molecule has 0 spiro atoms. The summed E-state index contributed by atoms with van der Waals surface area (Å²) in [4.78, 5) is 8.40. The van der Waals surface area contributed by atoms with Gasteiger partial charge in [-0.3, -0.25) is 4.98 Å². The first-order chi connectivity index (χ1) is 8.36. The second-order valence-corrected chi connectivity index (χ2v) is 3.70. The van der Waals surface area contributed by atoms with Gasteiger partial charge in [0.05, 0.1) is 17.6 Å². The molecule has 2 N–H and O–H groups in total. The Balaban J connectivity index is 2.13. The van der Waals surface area contributed by atoms with Crippen LogP contribution in [-0.4, -0.2) is 19.6 Å². The molecule has 0 radical (unpaired) electrons. The van der Waals surface area contributed by atoms with E-state index in [4.69, 9.17) is 5.73 Å². The monoisotopic (exact) mass is 225 g/mol. The predicted octanol–water partition coefficient (Wildman–Crippen LogP) is 1.25. The summed E-state index contributed by atoms with van der Waals surface area (Å²) < 4.78 is 1.74. The van der Waals surface area contributed by atoms with Crippen LogP contribution in [0.4, 0.5) is 0 Å². The van der Waals surface area contributed by atoms with Crippen LogP contribution in [0.25, 0.3) is 16.9 Å². The fourth-order valence-electron chi connectivity index (χ4n) is 1.70. The van der Waals surface area contributed by atoms with Crippen molar-refractivity contribution in [2.45, 2.75) is 6.54 Å². The van der Waals surface area contributed by atoms with Crippen LogP contribution in [0, 0.1) is 0 Å². The number of imidazole rings is 1. The highest BCUT2D eigenvalue weighted by molar-refractivity contribution is 5.58. The van der Waals surface area contributed by atoms with Gasteiger partial charge in [-0.1, -0.05) is 0 Å². The molecule has 5 heteroatoms. The molecule has 3 heterocycles. The van der Waals surface area contributed by atoms with Crippen LogP contribution in [0.15, 0.2) is 42.9 Å². The molecule has 0 saturated carbocycles. The quantitative estimate of drug-likeness (QED) is 0.712. The lowest BCUT2D eigenvalue weighted by atomic mass is 10.2. The van der Waals surface area contributed by atoms with Gasteiger partial charge in [-0.25, -0.2) is 9.50 Å². The van der Waals surface area contributed by atoms with Gasteiger partial charge in [-0.05, 0) is 24.3 Å². The molecule has 0 unspecified atom stereocenters. The number of hydrogen-bond acceptors (Lipinski definition) is 4. The number of fused-ring (bicyclic) bond motifs is 1. The third-order valence-corrected chi connectivity index (χ3v) is 2.54. The minimum Gasteiger partial charge on any atom is -0.325 e. The fourth-order valence-corrected chi connectivity index (χ4v) is 1.70. The number of aromatic nitrogens is 4. The van der Waals surface area contributed by atoms with Crippen LogP contribution in [0.1, 0.15) is 5.69 Å². The van der Waals surface area contributed by atoms with E-state index in [0.717, 1.165) is 22.6 Å². The zero-order valence-electron chi connectivity index (χ0n) is 9.11. The molecule has 0 saturated heterocycles. The number of nitrogens with two attached hydrogens (primary N) is 1. The van der Waals surface area contributed by atoms with Gasteiger partial charge in [0, 0.05) is 24.5 Å². The molecule has 0 aliphatic carbocycles. The van der Waals surface area contributed by atoms with Crippen LogP contribution in [0.2, 0.25) is 0 Å². The van der Waals surface area contributed by atoms with Crippen molar-refractivity contribution in [3.63, 3.8) is 0 Å². The minimum absolute atomic E-state index is 0.422. The molecule has 0 aromatic carbocycles. The lowest BCUT2D eigenvalue weighted by Gasteiger charge is -1.99. The molecule has 0 bridgehead atoms. The summed E-state index contributed by atoms with van der Waals surface area (Å²) in [6, 6.07) is 7.72. The van der Waals surface area contributed by atoms with E-state index < -0.39 is 0 Å². The van der Waals surface area contributed by atoms with Gasteiger partial charge in [0.1, 0.15) is 0 Å². The zero-order valence-corrected chi connectivity index (χ0v) is 9.11. The third kappa shape index (κ3) is 1.76. The maximum atomic E-state index is 5.55. The zero-order chi connectivity index (χ0) is 11.7. The van der Waals surface area contributed by atoms with Gasteiger partial charge >= 0.3 is 0 Å². The topological polar surface area (TPSA) is 69.1 Å². The Morgan fingerprint density at radius 1 is 1.24 bits per heavy atom. The van der Waals surface area contributed by atoms with Crippen LogP contribution >= 0.6 is 0 Å². The average molecular weight is 225 g/mol. The van der Waals surface area contributed by atoms with Crippen LogP contribution in [0.5, 0.6) is 0 Å². The van der Waals surface area contributed by atoms with Crippen LogP contribution in [-0.2, 0) is 6.54 Å². The highest BCUT2D eigenvalue weighted by Gasteiger charge is 2.04. The van der Waals surface area contributed by atoms with Gasteiger partial charge in [-0.15, -0.1) is 0 Å². The second kappa shape index (κ2) is 3.95. The van der Waals surface area contributed by atoms with Crippen LogP contribution < -0.4 is 5.73 Å². The summed E-state index contributed by atoms with van der Waals surface area (Å²) in [7, 11) is 0. The van der Waals surface area contributed by atoms with Crippen molar-refractivity contribution in [1.29, 1.82) is 0 Å². The number of pyridine rings is 1. The molecular formula is C12H11N5. The minimum atomic E-state index is 0.422. The van der Waals surface area contributed by atoms with Gasteiger partial charge in [0.2, 0.25) is 0 Å². The van der Waals surface area contributed by atoms with Gasteiger partial charge < -0.3 is 5.73 Å². The van der Waals surface area contributed by atoms with E-state index in [9.17, 15) is 0 Å². The van der Waals surface area contributed by atoms with E-state index in [2.05, 4.69) is 15.1 Å². The Kier molecular flexibility index (Phi) is 2.31. The molecule has 3 rings (SSSR count). The van der Waals surface area contributed by atoms with Crippen molar-refractivity contribution in [1.82, 2.24) is 19.6 Å². The molecule has 17 heavy (non-hydrogen) atoms. The first kappa shape index (κ1) is 9.92. The predicted molar refractivity (Wildman–Crippen MR) is 64.1 cm³/mol. The molecule has 0 fully saturated rings. The van der Waals surface area contributed by atoms with Crippen molar-refractivity contribution < 1.29 is 0 Å². The maximum Gasteiger partial charge on any atom is 0.153 e. The summed E-state index contributed by atoms with van der Waals surface area (Å²) in [6.45, 7) is 0.422. The molecule has 0 amide bonds. The smallest absolute Gasteiger partial charge is 0.153 e. The van der Waals surface area contributed by atoms with Crippen molar-refractivity contribution in [3.05, 3.63) is 48.5 Å². The summed E-state index contributed by atoms with van der Waals surface area (Å²) in [5.74, 6) is 0. The molecule has 84 valence electrons. The average Bonchev–Trinajstić information content (AvgIpc) is 2.81. The molecule has 3 aromatic rings. The van der Waals surface area contributed by atoms with Gasteiger partial charge in [0.25, 0.3) is 0 Å². The van der Waals surface area contributed by atoms with E-state index in [1.54, 1.807) is 16.9 Å². The number of rotatable bonds is 2. The maximum absolute atomic E-state index is 5.55. The van der Waals surface area contributed by atoms with E-state index in [1.165, 1.54) is 0 Å². The molecule has 0 aliphatic rings. The Hall–Kier alpha value is -2.27. The summed E-state index contributed by atoms with van der Waals surface area (Å²) in [5, 5.41) is 4.47. The molecule has 3 aromatic heterocycles. The largest absolute Gasteiger partial charge is 0.325 e. The van der Waals surface area contributed by atoms with E-state index in [-0.39, 0.29) is 0 Å². The Morgan fingerprint density at radius 3 is 2.94 bits per heavy atom. The number of nitrogens with zero attached hydrogens (tertiary/aromatic N) is 4. The van der Waals surface area contributed by atoms with E-state index >= 15 is 0 Å². The summed E-state index contributed by atoms with van der Waals surface area (Å²) in [5.41, 5.74) is 9.04. The molecular weight excluding hydrogens is 214 g/mol. The van der Waals surface area contributed by atoms with Crippen molar-refractivity contribution in [2.75, 3.05) is 0 Å². The first-order valence-corrected chi connectivity index (χ1v) is 5.32. The van der Waals surface area contributed by atoms with Crippen LogP contribution in [0.3, 0.4) is 0 Å². The molecule has 0 atom stereocenters. The Morgan fingerprint density at radius 2 is 2.18 bits per heavy atom. The Labute approximate surface area is 97.9 Å². The van der Waals surface area contributed by atoms with E-state index in [0.29, 0.717) is 6.54 Å². The fraction of sp³-hybridized carbons (Fsp3) is 0.0833. The normalized spacial score (nSPS) is 10.9. The van der Waals surface area contributed by atoms with Gasteiger partial charge in [-0.2, -0.15) is 5.10 Å². The lowest BCUT2D eigenvalue weighted by molar-refractivity contribution is 0.933. The summed E-state index contributed by atoms with van der Waals surface area (Å²) >= 11 is 0. The third-order valence-electron chi connectivity index (χ3n) is 2.54. The van der Waals surface area contributed by atoms with Gasteiger partial charge in [0.15, 0.2) is 5.65 Å². The molecule has 0 aliphatic heterocycles. The van der Waals surface area contributed by atoms with Crippen molar-refractivity contribution >= 4 is 5.65 Å². The second-order valence-electron chi connectivity index (χ2n) is 3.70.